The first-order valence-electron chi connectivity index (χ1n) is 7.32. The van der Waals surface area contributed by atoms with E-state index in [2.05, 4.69) is 60.4 Å². The van der Waals surface area contributed by atoms with E-state index in [4.69, 9.17) is 0 Å². The zero-order chi connectivity index (χ0) is 13.7. The Morgan fingerprint density at radius 1 is 1.10 bits per heavy atom. The molecule has 2 nitrogen and oxygen atoms in total. The second-order valence-corrected chi connectivity index (χ2v) is 5.95. The number of hydrogen-bond acceptors (Lipinski definition) is 2. The Hall–Kier alpha value is -1.64. The molecule has 0 fully saturated rings. The molecule has 1 N–H and O–H groups in total. The Morgan fingerprint density at radius 2 is 1.80 bits per heavy atom. The number of hydrogen-bond donors (Lipinski definition) is 1. The number of aliphatic hydroxyl groups excluding tert-OH is 1. The van der Waals surface area contributed by atoms with Crippen molar-refractivity contribution in [3.8, 4) is 0 Å². The van der Waals surface area contributed by atoms with Crippen LogP contribution in [-0.2, 0) is 12.0 Å². The normalized spacial score (nSPS) is 27.2. The maximum atomic E-state index is 9.48. The van der Waals surface area contributed by atoms with Crippen LogP contribution in [-0.4, -0.2) is 23.2 Å². The summed E-state index contributed by atoms with van der Waals surface area (Å²) in [5.41, 5.74) is 5.59. The lowest BCUT2D eigenvalue weighted by atomic mass is 9.80. The average Bonchev–Trinajstić information content (AvgIpc) is 2.65. The third kappa shape index (κ3) is 1.36. The smallest absolute Gasteiger partial charge is 0.0698 e. The highest BCUT2D eigenvalue weighted by Gasteiger charge is 2.51. The standard InChI is InChI=1S/C18H19NO/c1-18-15-8-4-2-6-13(15)12-17(19(18)10-11-20)14-7-3-5-9-16(14)18/h2-9,17,20H,10-12H2,1H3/t17-,18+/m1/s1. The van der Waals surface area contributed by atoms with E-state index in [1.54, 1.807) is 0 Å². The Kier molecular flexibility index (Phi) is 2.53. The molecule has 0 saturated carbocycles. The minimum Gasteiger partial charge on any atom is -0.395 e. The van der Waals surface area contributed by atoms with Crippen LogP contribution in [0.15, 0.2) is 48.5 Å². The summed E-state index contributed by atoms with van der Waals surface area (Å²) >= 11 is 0. The number of fused-ring (bicyclic) bond motifs is 7. The maximum absolute atomic E-state index is 9.48. The summed E-state index contributed by atoms with van der Waals surface area (Å²) in [5, 5.41) is 9.48. The molecule has 2 aromatic carbocycles. The van der Waals surface area contributed by atoms with Gasteiger partial charge in [0.05, 0.1) is 12.1 Å². The monoisotopic (exact) mass is 265 g/mol. The van der Waals surface area contributed by atoms with Gasteiger partial charge in [-0.05, 0) is 35.6 Å². The van der Waals surface area contributed by atoms with Gasteiger partial charge in [0.25, 0.3) is 0 Å². The fourth-order valence-corrected chi connectivity index (χ4v) is 4.25. The third-order valence-electron chi connectivity index (χ3n) is 5.09. The van der Waals surface area contributed by atoms with Crippen molar-refractivity contribution in [3.05, 3.63) is 70.8 Å². The lowest BCUT2D eigenvalue weighted by Crippen LogP contribution is -2.46. The van der Waals surface area contributed by atoms with Crippen LogP contribution < -0.4 is 0 Å². The van der Waals surface area contributed by atoms with Gasteiger partial charge in [-0.2, -0.15) is 0 Å². The topological polar surface area (TPSA) is 23.5 Å². The fourth-order valence-electron chi connectivity index (χ4n) is 4.25. The maximum Gasteiger partial charge on any atom is 0.0698 e. The Bertz CT molecular complexity index is 653. The summed E-state index contributed by atoms with van der Waals surface area (Å²) < 4.78 is 0. The Labute approximate surface area is 119 Å². The van der Waals surface area contributed by atoms with Gasteiger partial charge >= 0.3 is 0 Å². The summed E-state index contributed by atoms with van der Waals surface area (Å²) in [5.74, 6) is 0. The molecule has 0 spiro atoms. The Balaban J connectivity index is 2.00. The molecule has 2 heterocycles. The summed E-state index contributed by atoms with van der Waals surface area (Å²) in [6, 6.07) is 17.9. The Morgan fingerprint density at radius 3 is 2.60 bits per heavy atom. The SMILES string of the molecule is C[C@]12c3ccccc3C[C@H](c3ccccc31)N2CCO. The van der Waals surface area contributed by atoms with E-state index >= 15 is 0 Å². The summed E-state index contributed by atoms with van der Waals surface area (Å²) in [6.07, 6.45) is 1.04. The van der Waals surface area contributed by atoms with Crippen LogP contribution in [0.4, 0.5) is 0 Å². The minimum absolute atomic E-state index is 0.0984. The lowest BCUT2D eigenvalue weighted by molar-refractivity contribution is 0.0718. The van der Waals surface area contributed by atoms with Gasteiger partial charge in [-0.3, -0.25) is 4.90 Å². The molecule has 2 bridgehead atoms. The van der Waals surface area contributed by atoms with Gasteiger partial charge in [0.15, 0.2) is 0 Å². The molecule has 0 saturated heterocycles. The highest BCUT2D eigenvalue weighted by Crippen LogP contribution is 2.54. The summed E-state index contributed by atoms with van der Waals surface area (Å²) in [6.45, 7) is 3.24. The van der Waals surface area contributed by atoms with Crippen LogP contribution in [0.5, 0.6) is 0 Å². The second kappa shape index (κ2) is 4.18. The predicted molar refractivity (Wildman–Crippen MR) is 79.6 cm³/mol. The number of aliphatic hydroxyl groups is 1. The van der Waals surface area contributed by atoms with Crippen LogP contribution in [0.3, 0.4) is 0 Å². The van der Waals surface area contributed by atoms with Crippen LogP contribution in [0.25, 0.3) is 0 Å². The zero-order valence-corrected chi connectivity index (χ0v) is 11.7. The van der Waals surface area contributed by atoms with E-state index in [9.17, 15) is 5.11 Å². The molecule has 102 valence electrons. The van der Waals surface area contributed by atoms with E-state index in [1.165, 1.54) is 22.3 Å². The van der Waals surface area contributed by atoms with Gasteiger partial charge in [0, 0.05) is 12.6 Å². The van der Waals surface area contributed by atoms with Crippen LogP contribution in [0.2, 0.25) is 0 Å². The van der Waals surface area contributed by atoms with Crippen molar-refractivity contribution in [2.75, 3.05) is 13.2 Å². The quantitative estimate of drug-likeness (QED) is 0.902. The molecule has 2 heteroatoms. The van der Waals surface area contributed by atoms with Crippen LogP contribution >= 0.6 is 0 Å². The number of nitrogens with zero attached hydrogens (tertiary/aromatic N) is 1. The van der Waals surface area contributed by atoms with E-state index < -0.39 is 0 Å². The van der Waals surface area contributed by atoms with Gasteiger partial charge in [0.2, 0.25) is 0 Å². The van der Waals surface area contributed by atoms with Gasteiger partial charge in [-0.15, -0.1) is 0 Å². The molecular formula is C18H19NO. The minimum atomic E-state index is -0.0984. The second-order valence-electron chi connectivity index (χ2n) is 5.95. The average molecular weight is 265 g/mol. The number of benzene rings is 2. The molecule has 2 atom stereocenters. The van der Waals surface area contributed by atoms with Crippen molar-refractivity contribution in [3.63, 3.8) is 0 Å². The van der Waals surface area contributed by atoms with Gasteiger partial charge in [-0.1, -0.05) is 48.5 Å². The molecule has 20 heavy (non-hydrogen) atoms. The van der Waals surface area contributed by atoms with E-state index in [0.717, 1.165) is 13.0 Å². The molecule has 0 unspecified atom stereocenters. The van der Waals surface area contributed by atoms with E-state index in [0.29, 0.717) is 6.04 Å². The van der Waals surface area contributed by atoms with Crippen LogP contribution in [0, 0.1) is 0 Å². The molecule has 2 aliphatic rings. The van der Waals surface area contributed by atoms with Crippen molar-refractivity contribution in [1.82, 2.24) is 4.90 Å². The number of rotatable bonds is 2. The first-order valence-corrected chi connectivity index (χ1v) is 7.32. The van der Waals surface area contributed by atoms with Crippen molar-refractivity contribution in [2.24, 2.45) is 0 Å². The molecule has 0 radical (unpaired) electrons. The molecule has 0 aliphatic carbocycles. The van der Waals surface area contributed by atoms with Gasteiger partial charge in [0.1, 0.15) is 0 Å². The fraction of sp³-hybridized carbons (Fsp3) is 0.333. The molecule has 2 aromatic rings. The van der Waals surface area contributed by atoms with Crippen molar-refractivity contribution in [2.45, 2.75) is 24.9 Å². The van der Waals surface area contributed by atoms with E-state index in [-0.39, 0.29) is 12.1 Å². The predicted octanol–water partition coefficient (Wildman–Crippen LogP) is 2.86. The van der Waals surface area contributed by atoms with Gasteiger partial charge < -0.3 is 5.11 Å². The van der Waals surface area contributed by atoms with Crippen molar-refractivity contribution >= 4 is 0 Å². The van der Waals surface area contributed by atoms with Crippen molar-refractivity contribution in [1.29, 1.82) is 0 Å². The summed E-state index contributed by atoms with van der Waals surface area (Å²) in [7, 11) is 0. The molecule has 0 aromatic heterocycles. The molecular weight excluding hydrogens is 246 g/mol. The first-order chi connectivity index (χ1) is 9.76. The van der Waals surface area contributed by atoms with Crippen LogP contribution in [0.1, 0.15) is 35.2 Å². The molecule has 0 amide bonds. The largest absolute Gasteiger partial charge is 0.395 e. The van der Waals surface area contributed by atoms with Crippen molar-refractivity contribution < 1.29 is 5.11 Å². The third-order valence-corrected chi connectivity index (χ3v) is 5.09. The summed E-state index contributed by atoms with van der Waals surface area (Å²) in [4.78, 5) is 2.47. The van der Waals surface area contributed by atoms with E-state index in [1.807, 2.05) is 0 Å². The van der Waals surface area contributed by atoms with Gasteiger partial charge in [-0.25, -0.2) is 0 Å². The highest BCUT2D eigenvalue weighted by molar-refractivity contribution is 5.54. The highest BCUT2D eigenvalue weighted by atomic mass is 16.3. The molecule has 2 aliphatic heterocycles. The first kappa shape index (κ1) is 12.1. The zero-order valence-electron chi connectivity index (χ0n) is 11.7. The molecule has 4 rings (SSSR count). The lowest BCUT2D eigenvalue weighted by Gasteiger charge is -2.44.